The molecule has 0 unspecified atom stereocenters. The van der Waals surface area contributed by atoms with Crippen LogP contribution in [0.15, 0.2) is 0 Å². The number of aliphatic hydroxyl groups excluding tert-OH is 1. The van der Waals surface area contributed by atoms with Crippen molar-refractivity contribution < 1.29 is 24.2 Å². The molecule has 2 aliphatic rings. The van der Waals surface area contributed by atoms with Gasteiger partial charge in [-0.15, -0.1) is 0 Å². The summed E-state index contributed by atoms with van der Waals surface area (Å²) in [5, 5.41) is 9.58. The van der Waals surface area contributed by atoms with Crippen LogP contribution in [0.25, 0.3) is 0 Å². The van der Waals surface area contributed by atoms with Crippen molar-refractivity contribution in [1.82, 2.24) is 4.90 Å². The maximum absolute atomic E-state index is 12.1. The fourth-order valence-corrected chi connectivity index (χ4v) is 2.58. The summed E-state index contributed by atoms with van der Waals surface area (Å²) in [4.78, 5) is 25.1. The van der Waals surface area contributed by atoms with Gasteiger partial charge in [0.1, 0.15) is 17.7 Å². The third-order valence-electron chi connectivity index (χ3n) is 3.46. The average Bonchev–Trinajstić information content (AvgIpc) is 2.75. The Labute approximate surface area is 106 Å². The van der Waals surface area contributed by atoms with E-state index in [9.17, 15) is 14.7 Å². The van der Waals surface area contributed by atoms with Crippen LogP contribution in [0.1, 0.15) is 27.2 Å². The number of nitrogens with zero attached hydrogens (tertiary/aromatic N) is 1. The van der Waals surface area contributed by atoms with Crippen LogP contribution in [0.3, 0.4) is 0 Å². The lowest BCUT2D eigenvalue weighted by atomic mass is 9.88. The quantitative estimate of drug-likeness (QED) is 0.693. The van der Waals surface area contributed by atoms with E-state index < -0.39 is 23.2 Å². The van der Waals surface area contributed by atoms with E-state index in [1.165, 1.54) is 4.90 Å². The molecule has 0 radical (unpaired) electrons. The molecule has 2 fully saturated rings. The number of aliphatic hydroxyl groups is 1. The van der Waals surface area contributed by atoms with Crippen LogP contribution >= 0.6 is 0 Å². The summed E-state index contributed by atoms with van der Waals surface area (Å²) in [5.74, 6) is -0.773. The molecular formula is C12H19NO5. The van der Waals surface area contributed by atoms with E-state index in [0.29, 0.717) is 13.0 Å². The van der Waals surface area contributed by atoms with Gasteiger partial charge < -0.3 is 14.6 Å². The molecule has 0 aliphatic carbocycles. The minimum absolute atomic E-state index is 0.0479. The lowest BCUT2D eigenvalue weighted by Gasteiger charge is -2.35. The first-order chi connectivity index (χ1) is 8.30. The standard InChI is InChI=1S/C12H19NO5/c1-11(2,3)18-10(16)13-5-4-8-9(15)17-7-12(8,13)6-14/h8,14H,4-7H2,1-3H3/t8-,12+/m1/s1. The van der Waals surface area contributed by atoms with Crippen molar-refractivity contribution in [2.24, 2.45) is 5.92 Å². The fraction of sp³-hybridized carbons (Fsp3) is 0.833. The van der Waals surface area contributed by atoms with Crippen molar-refractivity contribution in [2.45, 2.75) is 38.3 Å². The number of carbonyl (C=O) groups excluding carboxylic acids is 2. The van der Waals surface area contributed by atoms with Gasteiger partial charge in [0.05, 0.1) is 12.5 Å². The van der Waals surface area contributed by atoms with Gasteiger partial charge in [-0.1, -0.05) is 0 Å². The Morgan fingerprint density at radius 2 is 2.28 bits per heavy atom. The highest BCUT2D eigenvalue weighted by atomic mass is 16.6. The number of fused-ring (bicyclic) bond motifs is 1. The van der Waals surface area contributed by atoms with Crippen molar-refractivity contribution >= 4 is 12.1 Å². The van der Waals surface area contributed by atoms with E-state index >= 15 is 0 Å². The third kappa shape index (κ3) is 1.94. The zero-order valence-electron chi connectivity index (χ0n) is 10.9. The Morgan fingerprint density at radius 1 is 1.61 bits per heavy atom. The number of cyclic esters (lactones) is 1. The average molecular weight is 257 g/mol. The Kier molecular flexibility index (Phi) is 3.01. The molecule has 2 atom stereocenters. The molecule has 0 spiro atoms. The van der Waals surface area contributed by atoms with Gasteiger partial charge in [0.15, 0.2) is 0 Å². The molecular weight excluding hydrogens is 238 g/mol. The van der Waals surface area contributed by atoms with Crippen LogP contribution in [0.2, 0.25) is 0 Å². The van der Waals surface area contributed by atoms with E-state index in [2.05, 4.69) is 0 Å². The number of likely N-dealkylation sites (tertiary alicyclic amines) is 1. The molecule has 0 saturated carbocycles. The number of esters is 1. The second kappa shape index (κ2) is 4.12. The van der Waals surface area contributed by atoms with Gasteiger partial charge in [0.2, 0.25) is 0 Å². The monoisotopic (exact) mass is 257 g/mol. The van der Waals surface area contributed by atoms with Crippen LogP contribution in [-0.2, 0) is 14.3 Å². The van der Waals surface area contributed by atoms with Crippen LogP contribution in [0, 0.1) is 5.92 Å². The van der Waals surface area contributed by atoms with Gasteiger partial charge in [-0.2, -0.15) is 0 Å². The smallest absolute Gasteiger partial charge is 0.410 e. The Balaban J connectivity index is 2.19. The molecule has 0 aromatic rings. The first kappa shape index (κ1) is 13.1. The van der Waals surface area contributed by atoms with Crippen LogP contribution < -0.4 is 0 Å². The van der Waals surface area contributed by atoms with Crippen molar-refractivity contribution in [3.8, 4) is 0 Å². The van der Waals surface area contributed by atoms with E-state index in [1.807, 2.05) is 0 Å². The first-order valence-corrected chi connectivity index (χ1v) is 6.08. The molecule has 0 bridgehead atoms. The number of ether oxygens (including phenoxy) is 2. The highest BCUT2D eigenvalue weighted by Gasteiger charge is 2.60. The molecule has 0 aromatic carbocycles. The third-order valence-corrected chi connectivity index (χ3v) is 3.46. The van der Waals surface area contributed by atoms with Crippen molar-refractivity contribution in [1.29, 1.82) is 0 Å². The summed E-state index contributed by atoms with van der Waals surface area (Å²) in [7, 11) is 0. The minimum atomic E-state index is -0.931. The van der Waals surface area contributed by atoms with Gasteiger partial charge in [-0.3, -0.25) is 9.69 Å². The minimum Gasteiger partial charge on any atom is -0.463 e. The molecule has 6 heteroatoms. The number of amides is 1. The van der Waals surface area contributed by atoms with E-state index in [1.54, 1.807) is 20.8 Å². The second-order valence-electron chi connectivity index (χ2n) is 5.84. The molecule has 6 nitrogen and oxygen atoms in total. The Morgan fingerprint density at radius 3 is 2.83 bits per heavy atom. The van der Waals surface area contributed by atoms with E-state index in [4.69, 9.17) is 9.47 Å². The summed E-state index contributed by atoms with van der Waals surface area (Å²) >= 11 is 0. The second-order valence-corrected chi connectivity index (χ2v) is 5.84. The molecule has 2 saturated heterocycles. The van der Waals surface area contributed by atoms with Crippen molar-refractivity contribution in [3.63, 3.8) is 0 Å². The zero-order chi connectivity index (χ0) is 13.6. The number of rotatable bonds is 1. The van der Waals surface area contributed by atoms with Crippen LogP contribution in [-0.4, -0.2) is 53.0 Å². The summed E-state index contributed by atoms with van der Waals surface area (Å²) in [6, 6.07) is 0. The molecule has 2 aliphatic heterocycles. The van der Waals surface area contributed by atoms with Gasteiger partial charge in [-0.05, 0) is 27.2 Å². The van der Waals surface area contributed by atoms with E-state index in [-0.39, 0.29) is 19.2 Å². The van der Waals surface area contributed by atoms with E-state index in [0.717, 1.165) is 0 Å². The van der Waals surface area contributed by atoms with Gasteiger partial charge >= 0.3 is 12.1 Å². The first-order valence-electron chi connectivity index (χ1n) is 6.08. The zero-order valence-corrected chi connectivity index (χ0v) is 10.9. The van der Waals surface area contributed by atoms with Gasteiger partial charge in [0.25, 0.3) is 0 Å². The normalized spacial score (nSPS) is 31.2. The number of carbonyl (C=O) groups is 2. The fourth-order valence-electron chi connectivity index (χ4n) is 2.58. The lowest BCUT2D eigenvalue weighted by Crippen LogP contribution is -2.55. The highest BCUT2D eigenvalue weighted by Crippen LogP contribution is 2.41. The summed E-state index contributed by atoms with van der Waals surface area (Å²) in [5.41, 5.74) is -1.53. The van der Waals surface area contributed by atoms with Crippen LogP contribution in [0.5, 0.6) is 0 Å². The number of hydrogen-bond acceptors (Lipinski definition) is 5. The van der Waals surface area contributed by atoms with Crippen molar-refractivity contribution in [2.75, 3.05) is 19.8 Å². The number of hydrogen-bond donors (Lipinski definition) is 1. The summed E-state index contributed by atoms with van der Waals surface area (Å²) in [6.07, 6.45) is 0.0101. The highest BCUT2D eigenvalue weighted by molar-refractivity contribution is 5.80. The van der Waals surface area contributed by atoms with Crippen LogP contribution in [0.4, 0.5) is 4.79 Å². The SMILES string of the molecule is CC(C)(C)OC(=O)N1CC[C@@H]2C(=O)OC[C@@]21CO. The molecule has 0 aromatic heterocycles. The summed E-state index contributed by atoms with van der Waals surface area (Å²) in [6.45, 7) is 5.51. The molecule has 2 rings (SSSR count). The van der Waals surface area contributed by atoms with Crippen molar-refractivity contribution in [3.05, 3.63) is 0 Å². The maximum atomic E-state index is 12.1. The molecule has 18 heavy (non-hydrogen) atoms. The molecule has 1 amide bonds. The predicted molar refractivity (Wildman–Crippen MR) is 61.8 cm³/mol. The Hall–Kier alpha value is -1.30. The molecule has 1 N–H and O–H groups in total. The summed E-state index contributed by atoms with van der Waals surface area (Å²) < 4.78 is 10.3. The molecule has 2 heterocycles. The Bertz CT molecular complexity index is 375. The topological polar surface area (TPSA) is 76.1 Å². The van der Waals surface area contributed by atoms with Gasteiger partial charge in [0, 0.05) is 6.54 Å². The lowest BCUT2D eigenvalue weighted by molar-refractivity contribution is -0.141. The molecule has 102 valence electrons. The largest absolute Gasteiger partial charge is 0.463 e. The van der Waals surface area contributed by atoms with Gasteiger partial charge in [-0.25, -0.2) is 4.79 Å². The maximum Gasteiger partial charge on any atom is 0.410 e. The predicted octanol–water partition coefficient (Wildman–Crippen LogP) is 0.531.